The van der Waals surface area contributed by atoms with Gasteiger partial charge >= 0.3 is 0 Å². The van der Waals surface area contributed by atoms with E-state index in [1.165, 1.54) is 0 Å². The summed E-state index contributed by atoms with van der Waals surface area (Å²) in [5, 5.41) is 3.25. The molecule has 0 saturated carbocycles. The summed E-state index contributed by atoms with van der Waals surface area (Å²) in [6, 6.07) is 5.57. The quantitative estimate of drug-likeness (QED) is 0.773. The summed E-state index contributed by atoms with van der Waals surface area (Å²) in [7, 11) is 0. The van der Waals surface area contributed by atoms with Crippen molar-refractivity contribution in [2.75, 3.05) is 19.7 Å². The fourth-order valence-corrected chi connectivity index (χ4v) is 2.07. The van der Waals surface area contributed by atoms with Gasteiger partial charge in [-0.25, -0.2) is 0 Å². The van der Waals surface area contributed by atoms with Crippen molar-refractivity contribution in [2.45, 2.75) is 13.0 Å². The summed E-state index contributed by atoms with van der Waals surface area (Å²) in [5.74, 6) is -0.395. The maximum absolute atomic E-state index is 11.4. The standard InChI is InChI=1S/C12H16N2O2/c1-8-3-2-4-9(12(13)15)11(8)10-7-14-5-6-16-10/h2-4,10,14H,5-7H2,1H3,(H2,13,15). The van der Waals surface area contributed by atoms with Crippen LogP contribution < -0.4 is 11.1 Å². The number of rotatable bonds is 2. The first-order chi connectivity index (χ1) is 7.70. The van der Waals surface area contributed by atoms with Crippen LogP contribution in [0.15, 0.2) is 18.2 Å². The number of ether oxygens (including phenoxy) is 1. The molecule has 1 unspecified atom stereocenters. The van der Waals surface area contributed by atoms with E-state index in [1.807, 2.05) is 19.1 Å². The van der Waals surface area contributed by atoms with Crippen molar-refractivity contribution in [1.82, 2.24) is 5.32 Å². The molecule has 0 aliphatic carbocycles. The number of aryl methyl sites for hydroxylation is 1. The lowest BCUT2D eigenvalue weighted by Gasteiger charge is -2.26. The monoisotopic (exact) mass is 220 g/mol. The molecule has 1 heterocycles. The van der Waals surface area contributed by atoms with E-state index in [2.05, 4.69) is 5.32 Å². The molecule has 1 aromatic rings. The molecule has 16 heavy (non-hydrogen) atoms. The Hall–Kier alpha value is -1.39. The average Bonchev–Trinajstić information content (AvgIpc) is 2.29. The van der Waals surface area contributed by atoms with Gasteiger partial charge < -0.3 is 15.8 Å². The average molecular weight is 220 g/mol. The molecular weight excluding hydrogens is 204 g/mol. The third kappa shape index (κ3) is 2.08. The molecule has 1 saturated heterocycles. The van der Waals surface area contributed by atoms with Gasteiger partial charge in [-0.1, -0.05) is 12.1 Å². The van der Waals surface area contributed by atoms with Gasteiger partial charge in [0.2, 0.25) is 5.91 Å². The topological polar surface area (TPSA) is 64.4 Å². The van der Waals surface area contributed by atoms with E-state index < -0.39 is 5.91 Å². The molecule has 1 aliphatic rings. The Morgan fingerprint density at radius 3 is 3.00 bits per heavy atom. The van der Waals surface area contributed by atoms with E-state index in [4.69, 9.17) is 10.5 Å². The minimum Gasteiger partial charge on any atom is -0.371 e. The van der Waals surface area contributed by atoms with Crippen molar-refractivity contribution in [3.8, 4) is 0 Å². The van der Waals surface area contributed by atoms with Gasteiger partial charge in [0.1, 0.15) is 0 Å². The van der Waals surface area contributed by atoms with Crippen LogP contribution in [0.25, 0.3) is 0 Å². The summed E-state index contributed by atoms with van der Waals surface area (Å²) in [4.78, 5) is 11.4. The molecule has 1 atom stereocenters. The highest BCUT2D eigenvalue weighted by molar-refractivity contribution is 5.94. The molecule has 4 heteroatoms. The fourth-order valence-electron chi connectivity index (χ4n) is 2.07. The summed E-state index contributed by atoms with van der Waals surface area (Å²) < 4.78 is 5.67. The zero-order valence-corrected chi connectivity index (χ0v) is 9.32. The predicted molar refractivity (Wildman–Crippen MR) is 61.3 cm³/mol. The molecule has 0 bridgehead atoms. The van der Waals surface area contributed by atoms with E-state index in [9.17, 15) is 4.79 Å². The van der Waals surface area contributed by atoms with Crippen molar-refractivity contribution < 1.29 is 9.53 Å². The Labute approximate surface area is 94.8 Å². The predicted octanol–water partition coefficient (Wildman–Crippen LogP) is 0.755. The maximum Gasteiger partial charge on any atom is 0.249 e. The number of primary amides is 1. The summed E-state index contributed by atoms with van der Waals surface area (Å²) in [6.45, 7) is 4.22. The molecule has 2 rings (SSSR count). The number of hydrogen-bond donors (Lipinski definition) is 2. The number of hydrogen-bond acceptors (Lipinski definition) is 3. The Morgan fingerprint density at radius 1 is 1.56 bits per heavy atom. The second kappa shape index (κ2) is 4.63. The van der Waals surface area contributed by atoms with Crippen LogP contribution in [0.5, 0.6) is 0 Å². The van der Waals surface area contributed by atoms with Crippen molar-refractivity contribution in [3.63, 3.8) is 0 Å². The number of nitrogens with one attached hydrogen (secondary N) is 1. The first-order valence-electron chi connectivity index (χ1n) is 5.42. The van der Waals surface area contributed by atoms with Gasteiger partial charge in [0, 0.05) is 18.7 Å². The normalized spacial score (nSPS) is 20.7. The van der Waals surface area contributed by atoms with Gasteiger partial charge in [-0.05, 0) is 24.1 Å². The number of carbonyl (C=O) groups is 1. The number of benzene rings is 1. The largest absolute Gasteiger partial charge is 0.371 e. The van der Waals surface area contributed by atoms with Crippen molar-refractivity contribution in [3.05, 3.63) is 34.9 Å². The van der Waals surface area contributed by atoms with Gasteiger partial charge in [0.15, 0.2) is 0 Å². The van der Waals surface area contributed by atoms with E-state index >= 15 is 0 Å². The van der Waals surface area contributed by atoms with Crippen LogP contribution in [0.1, 0.15) is 27.6 Å². The van der Waals surface area contributed by atoms with Crippen LogP contribution >= 0.6 is 0 Å². The molecule has 0 aromatic heterocycles. The lowest BCUT2D eigenvalue weighted by atomic mass is 9.96. The second-order valence-electron chi connectivity index (χ2n) is 3.96. The molecular formula is C12H16N2O2. The molecule has 4 nitrogen and oxygen atoms in total. The van der Waals surface area contributed by atoms with Crippen LogP contribution in [-0.4, -0.2) is 25.6 Å². The fraction of sp³-hybridized carbons (Fsp3) is 0.417. The summed E-state index contributed by atoms with van der Waals surface area (Å²) in [5.41, 5.74) is 7.90. The highest BCUT2D eigenvalue weighted by atomic mass is 16.5. The molecule has 0 spiro atoms. The van der Waals surface area contributed by atoms with Crippen LogP contribution in [-0.2, 0) is 4.74 Å². The highest BCUT2D eigenvalue weighted by Crippen LogP contribution is 2.25. The number of morpholine rings is 1. The summed E-state index contributed by atoms with van der Waals surface area (Å²) in [6.07, 6.45) is -0.0718. The third-order valence-electron chi connectivity index (χ3n) is 2.84. The number of nitrogens with two attached hydrogens (primary N) is 1. The smallest absolute Gasteiger partial charge is 0.249 e. The zero-order valence-electron chi connectivity index (χ0n) is 9.32. The first kappa shape index (κ1) is 11.1. The van der Waals surface area contributed by atoms with Crippen molar-refractivity contribution in [1.29, 1.82) is 0 Å². The Morgan fingerprint density at radius 2 is 2.38 bits per heavy atom. The molecule has 86 valence electrons. The number of amides is 1. The molecule has 1 aromatic carbocycles. The molecule has 1 amide bonds. The van der Waals surface area contributed by atoms with E-state index in [1.54, 1.807) is 6.07 Å². The molecule has 3 N–H and O–H groups in total. The van der Waals surface area contributed by atoms with Crippen LogP contribution in [0.4, 0.5) is 0 Å². The maximum atomic E-state index is 11.4. The second-order valence-corrected chi connectivity index (χ2v) is 3.96. The Kier molecular flexibility index (Phi) is 3.22. The SMILES string of the molecule is Cc1cccc(C(N)=O)c1C1CNCCO1. The first-order valence-corrected chi connectivity index (χ1v) is 5.42. The van der Waals surface area contributed by atoms with Crippen molar-refractivity contribution >= 4 is 5.91 Å². The van der Waals surface area contributed by atoms with Gasteiger partial charge in [-0.15, -0.1) is 0 Å². The zero-order chi connectivity index (χ0) is 11.5. The van der Waals surface area contributed by atoms with E-state index in [-0.39, 0.29) is 6.10 Å². The minimum atomic E-state index is -0.395. The third-order valence-corrected chi connectivity index (χ3v) is 2.84. The highest BCUT2D eigenvalue weighted by Gasteiger charge is 2.22. The Bertz CT molecular complexity index is 398. The van der Waals surface area contributed by atoms with Gasteiger partial charge in [0.25, 0.3) is 0 Å². The van der Waals surface area contributed by atoms with E-state index in [0.717, 1.165) is 24.2 Å². The molecule has 0 radical (unpaired) electrons. The van der Waals surface area contributed by atoms with Crippen LogP contribution in [0.2, 0.25) is 0 Å². The lowest BCUT2D eigenvalue weighted by molar-refractivity contribution is 0.0267. The molecule has 1 aliphatic heterocycles. The summed E-state index contributed by atoms with van der Waals surface area (Å²) >= 11 is 0. The van der Waals surface area contributed by atoms with Gasteiger partial charge in [-0.2, -0.15) is 0 Å². The van der Waals surface area contributed by atoms with Gasteiger partial charge in [-0.3, -0.25) is 4.79 Å². The van der Waals surface area contributed by atoms with Crippen LogP contribution in [0, 0.1) is 6.92 Å². The van der Waals surface area contributed by atoms with Crippen LogP contribution in [0.3, 0.4) is 0 Å². The lowest BCUT2D eigenvalue weighted by Crippen LogP contribution is -2.34. The molecule has 1 fully saturated rings. The minimum absolute atomic E-state index is 0.0718. The Balaban J connectivity index is 2.40. The number of carbonyl (C=O) groups excluding carboxylic acids is 1. The van der Waals surface area contributed by atoms with E-state index in [0.29, 0.717) is 12.2 Å². The van der Waals surface area contributed by atoms with Crippen molar-refractivity contribution in [2.24, 2.45) is 5.73 Å². The van der Waals surface area contributed by atoms with Gasteiger partial charge in [0.05, 0.1) is 12.7 Å².